The van der Waals surface area contributed by atoms with Gasteiger partial charge in [0, 0.05) is 50.9 Å². The number of nitrogens with one attached hydrogen (secondary N) is 1. The van der Waals surface area contributed by atoms with Crippen molar-refractivity contribution >= 4 is 29.7 Å². The number of amides is 4. The summed E-state index contributed by atoms with van der Waals surface area (Å²) in [6.07, 6.45) is 3.25. The minimum absolute atomic E-state index is 0.00860. The Morgan fingerprint density at radius 3 is 2.31 bits per heavy atom. The molecule has 3 heterocycles. The molecule has 3 aliphatic heterocycles. The van der Waals surface area contributed by atoms with Crippen LogP contribution in [0.5, 0.6) is 5.75 Å². The number of phenolic OH excluding ortho intramolecular Hbond substituents is 1. The van der Waals surface area contributed by atoms with Crippen LogP contribution >= 0.6 is 0 Å². The molecule has 0 aliphatic carbocycles. The molecule has 278 valence electrons. The van der Waals surface area contributed by atoms with Crippen LogP contribution in [0.15, 0.2) is 36.4 Å². The van der Waals surface area contributed by atoms with E-state index in [1.165, 1.54) is 0 Å². The highest BCUT2D eigenvalue weighted by molar-refractivity contribution is 5.91. The lowest BCUT2D eigenvalue weighted by Crippen LogP contribution is -2.51. The quantitative estimate of drug-likeness (QED) is 0.271. The number of anilines is 1. The number of para-hydroxylation sites is 1. The highest BCUT2D eigenvalue weighted by atomic mass is 16.6. The van der Waals surface area contributed by atoms with Gasteiger partial charge in [-0.1, -0.05) is 37.3 Å². The highest BCUT2D eigenvalue weighted by Gasteiger charge is 2.35. The summed E-state index contributed by atoms with van der Waals surface area (Å²) < 4.78 is 6.07. The average Bonchev–Trinajstić information content (AvgIpc) is 3.28. The van der Waals surface area contributed by atoms with Gasteiger partial charge in [-0.2, -0.15) is 0 Å². The SMILES string of the molecule is CCN(CCC(C)C1CCN(CC(=O)O)CC1)C(=O)[C@@H](Cc1cc(C)c(O)c(C)c1)OC(=O)N1CCC(N2CCc3ccccc3NC2=O)CC1. The number of hydrogen-bond acceptors (Lipinski definition) is 7. The second-order valence-corrected chi connectivity index (χ2v) is 14.6. The maximum Gasteiger partial charge on any atom is 0.410 e. The first-order valence-electron chi connectivity index (χ1n) is 18.6. The summed E-state index contributed by atoms with van der Waals surface area (Å²) in [5.41, 5.74) is 4.15. The zero-order valence-corrected chi connectivity index (χ0v) is 30.6. The number of aryl methyl sites for hydroxylation is 2. The number of nitrogens with zero attached hydrogens (tertiary/aromatic N) is 4. The summed E-state index contributed by atoms with van der Waals surface area (Å²) in [5, 5.41) is 22.5. The van der Waals surface area contributed by atoms with Crippen LogP contribution in [0, 0.1) is 25.7 Å². The molecule has 2 aromatic carbocycles. The summed E-state index contributed by atoms with van der Waals surface area (Å²) in [6, 6.07) is 11.4. The van der Waals surface area contributed by atoms with Gasteiger partial charge in [-0.15, -0.1) is 0 Å². The fraction of sp³-hybridized carbons (Fsp3) is 0.590. The Kier molecular flexibility index (Phi) is 12.8. The van der Waals surface area contributed by atoms with Gasteiger partial charge in [0.2, 0.25) is 0 Å². The topological polar surface area (TPSA) is 143 Å². The maximum atomic E-state index is 14.2. The van der Waals surface area contributed by atoms with Crippen LogP contribution in [0.2, 0.25) is 0 Å². The standard InChI is InChI=1S/C39H55N5O7/c1-5-42(18-10-26(2)30-11-16-41(17-12-30)25-35(45)46)37(48)34(24-29-22-27(3)36(47)28(4)23-29)51-39(50)43-19-14-32(15-20-43)44-21-13-31-8-6-7-9-33(31)40-38(44)49/h6-9,22-23,26,30,32,34,47H,5,10-21,24-25H2,1-4H3,(H,40,49)(H,45,46)/t26?,34-/m1/s1. The molecule has 0 saturated carbocycles. The summed E-state index contributed by atoms with van der Waals surface area (Å²) in [4.78, 5) is 59.3. The van der Waals surface area contributed by atoms with Crippen molar-refractivity contribution in [1.29, 1.82) is 0 Å². The lowest BCUT2D eigenvalue weighted by atomic mass is 9.83. The Morgan fingerprint density at radius 1 is 1.00 bits per heavy atom. The molecule has 0 bridgehead atoms. The Morgan fingerprint density at radius 2 is 1.67 bits per heavy atom. The summed E-state index contributed by atoms with van der Waals surface area (Å²) in [5.74, 6) is -0.0256. The molecule has 0 spiro atoms. The van der Waals surface area contributed by atoms with Gasteiger partial charge in [0.15, 0.2) is 6.10 Å². The first-order chi connectivity index (χ1) is 24.4. The van der Waals surface area contributed by atoms with Crippen molar-refractivity contribution in [2.75, 3.05) is 57.7 Å². The van der Waals surface area contributed by atoms with Crippen molar-refractivity contribution < 1.29 is 34.1 Å². The van der Waals surface area contributed by atoms with Gasteiger partial charge in [0.25, 0.3) is 5.91 Å². The first kappa shape index (κ1) is 37.9. The second kappa shape index (κ2) is 17.3. The van der Waals surface area contributed by atoms with Crippen molar-refractivity contribution in [2.45, 2.75) is 84.8 Å². The third-order valence-electron chi connectivity index (χ3n) is 11.1. The first-order valence-corrected chi connectivity index (χ1v) is 18.6. The smallest absolute Gasteiger partial charge is 0.410 e. The minimum Gasteiger partial charge on any atom is -0.507 e. The molecule has 0 radical (unpaired) electrons. The van der Waals surface area contributed by atoms with E-state index in [-0.39, 0.29) is 36.7 Å². The summed E-state index contributed by atoms with van der Waals surface area (Å²) in [6.45, 7) is 11.8. The molecule has 5 rings (SSSR count). The van der Waals surface area contributed by atoms with Crippen molar-refractivity contribution in [3.8, 4) is 5.75 Å². The number of fused-ring (bicyclic) bond motifs is 1. The largest absolute Gasteiger partial charge is 0.507 e. The third-order valence-corrected chi connectivity index (χ3v) is 11.1. The van der Waals surface area contributed by atoms with E-state index in [0.717, 1.165) is 55.6 Å². The van der Waals surface area contributed by atoms with Gasteiger partial charge < -0.3 is 35.0 Å². The number of carboxylic acids is 1. The van der Waals surface area contributed by atoms with Crippen LogP contribution in [0.4, 0.5) is 15.3 Å². The number of urea groups is 1. The van der Waals surface area contributed by atoms with E-state index in [0.29, 0.717) is 68.5 Å². The number of rotatable bonds is 12. The minimum atomic E-state index is -1.04. The van der Waals surface area contributed by atoms with Crippen LogP contribution < -0.4 is 5.32 Å². The molecule has 2 atom stereocenters. The van der Waals surface area contributed by atoms with Crippen LogP contribution in [0.3, 0.4) is 0 Å². The number of carboxylic acid groups (broad SMARTS) is 1. The van der Waals surface area contributed by atoms with Gasteiger partial charge in [-0.05, 0) is 113 Å². The van der Waals surface area contributed by atoms with Gasteiger partial charge in [-0.3, -0.25) is 14.5 Å². The number of aromatic hydroxyl groups is 1. The Bertz CT molecular complexity index is 1530. The summed E-state index contributed by atoms with van der Waals surface area (Å²) >= 11 is 0. The van der Waals surface area contributed by atoms with Crippen molar-refractivity contribution in [3.63, 3.8) is 0 Å². The van der Waals surface area contributed by atoms with Gasteiger partial charge in [-0.25, -0.2) is 9.59 Å². The molecule has 2 fully saturated rings. The maximum absolute atomic E-state index is 14.2. The molecule has 51 heavy (non-hydrogen) atoms. The molecular weight excluding hydrogens is 650 g/mol. The number of likely N-dealkylation sites (tertiary alicyclic amines) is 2. The molecule has 12 nitrogen and oxygen atoms in total. The zero-order chi connectivity index (χ0) is 36.7. The molecule has 1 unspecified atom stereocenters. The lowest BCUT2D eigenvalue weighted by Gasteiger charge is -2.38. The monoisotopic (exact) mass is 705 g/mol. The fourth-order valence-corrected chi connectivity index (χ4v) is 7.95. The van der Waals surface area contributed by atoms with Gasteiger partial charge >= 0.3 is 18.1 Å². The molecule has 12 heteroatoms. The predicted octanol–water partition coefficient (Wildman–Crippen LogP) is 5.28. The number of phenols is 1. The molecule has 3 aliphatic rings. The van der Waals surface area contributed by atoms with E-state index in [2.05, 4.69) is 12.2 Å². The number of carbonyl (C=O) groups excluding carboxylic acids is 3. The van der Waals surface area contributed by atoms with Crippen LogP contribution in [0.25, 0.3) is 0 Å². The molecule has 3 N–H and O–H groups in total. The molecule has 0 aromatic heterocycles. The number of likely N-dealkylation sites (N-methyl/N-ethyl adjacent to an activating group) is 1. The van der Waals surface area contributed by atoms with Crippen molar-refractivity contribution in [3.05, 3.63) is 58.7 Å². The number of aliphatic carboxylic acids is 1. The molecule has 2 aromatic rings. The number of hydrogen-bond donors (Lipinski definition) is 3. The summed E-state index contributed by atoms with van der Waals surface area (Å²) in [7, 11) is 0. The average molecular weight is 706 g/mol. The molecule has 4 amide bonds. The fourth-order valence-electron chi connectivity index (χ4n) is 7.95. The number of carbonyl (C=O) groups is 4. The van der Waals surface area contributed by atoms with E-state index < -0.39 is 18.2 Å². The lowest BCUT2D eigenvalue weighted by molar-refractivity contribution is -0.141. The van der Waals surface area contributed by atoms with Crippen molar-refractivity contribution in [2.24, 2.45) is 11.8 Å². The van der Waals surface area contributed by atoms with Crippen molar-refractivity contribution in [1.82, 2.24) is 19.6 Å². The van der Waals surface area contributed by atoms with Crippen LogP contribution in [-0.4, -0.2) is 118 Å². The van der Waals surface area contributed by atoms with E-state index >= 15 is 0 Å². The van der Waals surface area contributed by atoms with Gasteiger partial charge in [0.1, 0.15) is 5.75 Å². The normalized spacial score (nSPS) is 18.7. The van der Waals surface area contributed by atoms with E-state index in [9.17, 15) is 24.3 Å². The number of piperidine rings is 2. The molecular formula is C39H55N5O7. The zero-order valence-electron chi connectivity index (χ0n) is 30.6. The van der Waals surface area contributed by atoms with Crippen LogP contribution in [0.1, 0.15) is 68.2 Å². The highest BCUT2D eigenvalue weighted by Crippen LogP contribution is 2.29. The number of benzene rings is 2. The van der Waals surface area contributed by atoms with E-state index in [1.54, 1.807) is 9.80 Å². The molecule has 2 saturated heterocycles. The number of ether oxygens (including phenoxy) is 1. The van der Waals surface area contributed by atoms with Crippen LogP contribution in [-0.2, 0) is 27.2 Å². The second-order valence-electron chi connectivity index (χ2n) is 14.6. The third kappa shape index (κ3) is 9.72. The predicted molar refractivity (Wildman–Crippen MR) is 195 cm³/mol. The van der Waals surface area contributed by atoms with Gasteiger partial charge in [0.05, 0.1) is 6.54 Å². The van der Waals surface area contributed by atoms with E-state index in [1.807, 2.05) is 67.0 Å². The Balaban J connectivity index is 1.21. The Labute approximate surface area is 301 Å². The van der Waals surface area contributed by atoms with E-state index in [4.69, 9.17) is 9.84 Å². The Hall–Kier alpha value is -4.32.